The van der Waals surface area contributed by atoms with Crippen molar-refractivity contribution in [2.24, 2.45) is 0 Å². The van der Waals surface area contributed by atoms with Crippen LogP contribution < -0.4 is 0 Å². The molecule has 38 unspecified atom stereocenters. The van der Waals surface area contributed by atoms with Crippen molar-refractivity contribution in [2.75, 3.05) is 39.6 Å². The molecule has 0 aromatic heterocycles. The van der Waals surface area contributed by atoms with E-state index in [2.05, 4.69) is 0 Å². The predicted octanol–water partition coefficient (Wildman–Crippen LogP) is -14.4. The lowest BCUT2D eigenvalue weighted by Crippen LogP contribution is -2.68. The zero-order valence-electron chi connectivity index (χ0n) is 46.8. The van der Waals surface area contributed by atoms with E-state index in [1.165, 1.54) is 20.8 Å². The third kappa shape index (κ3) is 14.9. The van der Waals surface area contributed by atoms with Crippen LogP contribution in [0.25, 0.3) is 0 Å². The Morgan fingerprint density at radius 1 is 0.241 bits per heavy atom. The van der Waals surface area contributed by atoms with Gasteiger partial charge in [0, 0.05) is 0 Å². The average Bonchev–Trinajstić information content (AvgIpc) is 1.64. The Hall–Kier alpha value is -1.52. The second-order valence-corrected chi connectivity index (χ2v) is 22.3. The SMILES string of the molecule is CCC1OC2OC3C(CO)OC(OC4C(C)OC(OC5C(CO)OC(OC6C(CO)OC(OC7C(CO)OC(OC8C(CO)OC(OC(C)C(CO)OC(C(O)O)OC1C(O)C2O)C(O)C8O)C(O)C7O)C(O)C6O)C(O)C5O)C(O)C4O)C(O)C3O. The van der Waals surface area contributed by atoms with Crippen molar-refractivity contribution < 1.29 is 188 Å². The quantitative estimate of drug-likeness (QED) is 0.100. The summed E-state index contributed by atoms with van der Waals surface area (Å²) in [5, 5.41) is 242. The van der Waals surface area contributed by atoms with Gasteiger partial charge in [0.2, 0.25) is 12.6 Å². The lowest BCUT2D eigenvalue weighted by molar-refractivity contribution is -0.399. The molecule has 24 saturated heterocycles. The van der Waals surface area contributed by atoms with Crippen LogP contribution in [-0.2, 0) is 75.8 Å². The maximum atomic E-state index is 11.5. The Morgan fingerprint density at radius 2 is 0.460 bits per heavy atom. The van der Waals surface area contributed by atoms with Crippen molar-refractivity contribution in [2.45, 2.75) is 267 Å². The number of hydrogen-bond donors (Lipinski definition) is 22. The van der Waals surface area contributed by atoms with Gasteiger partial charge in [0.05, 0.1) is 58.0 Å². The highest BCUT2D eigenvalue weighted by Gasteiger charge is 2.59. The normalized spacial score (nSPS) is 53.7. The van der Waals surface area contributed by atoms with Crippen LogP contribution in [0.5, 0.6) is 0 Å². The van der Waals surface area contributed by atoms with Crippen LogP contribution in [0, 0.1) is 0 Å². The van der Waals surface area contributed by atoms with Gasteiger partial charge in [-0.25, -0.2) is 0 Å². The van der Waals surface area contributed by atoms with Crippen LogP contribution in [0.4, 0.5) is 0 Å². The number of aliphatic hydroxyl groups excluding tert-OH is 21. The molecule has 508 valence electrons. The van der Waals surface area contributed by atoms with Crippen molar-refractivity contribution >= 4 is 0 Å². The van der Waals surface area contributed by atoms with Gasteiger partial charge in [0.15, 0.2) is 44.0 Å². The number of ether oxygens (including phenoxy) is 16. The van der Waals surface area contributed by atoms with E-state index in [1.807, 2.05) is 0 Å². The number of hydrogen-bond acceptors (Lipinski definition) is 38. The first-order chi connectivity index (χ1) is 41.3. The average molecular weight is 1280 g/mol. The highest BCUT2D eigenvalue weighted by molar-refractivity contribution is 5.01. The molecule has 87 heavy (non-hydrogen) atoms. The highest BCUT2D eigenvalue weighted by Crippen LogP contribution is 2.39. The maximum absolute atomic E-state index is 11.5. The molecule has 0 radical (unpaired) electrons. The molecule has 0 saturated carbocycles. The summed E-state index contributed by atoms with van der Waals surface area (Å²) in [6.07, 6.45) is -75.7. The first-order valence-electron chi connectivity index (χ1n) is 28.3. The number of rotatable bonds is 8. The fraction of sp³-hybridized carbons (Fsp3) is 1.00. The van der Waals surface area contributed by atoms with Gasteiger partial charge in [-0.2, -0.15) is 0 Å². The minimum atomic E-state index is -2.58. The lowest BCUT2D eigenvalue weighted by atomic mass is 9.95. The molecular formula is C49H84O38. The van der Waals surface area contributed by atoms with Gasteiger partial charge in [-0.15, -0.1) is 0 Å². The van der Waals surface area contributed by atoms with Gasteiger partial charge in [0.25, 0.3) is 0 Å². The molecule has 24 rings (SSSR count). The molecule has 0 spiro atoms. The van der Waals surface area contributed by atoms with Crippen LogP contribution in [-0.4, -0.2) is 392 Å². The Labute approximate surface area is 493 Å². The molecule has 24 aliphatic rings. The van der Waals surface area contributed by atoms with E-state index in [-0.39, 0.29) is 6.42 Å². The standard InChI is InChI=1S/C49H84O38/c1-4-13-35-21(57)29(65)44(74-13)83-38-17(8-53)77-45(30(66)23(38)59)81-34-12(3)73-43(27(63)20(34)56)82-36-16(7-52)78-46(31(67)24(36)60)85-39-19(10-55)80-48(33(69)26(39)62)86-40-18(9-54)79-47(32(68)25(40)61)84-37-15(6-51)76-42(28(64)22(37)58)72-11(2)14(5-50)75-49(87-35)41(70)71/h11-71H,4-10H2,1-3H3. The Balaban J connectivity index is 1.05. The Kier molecular flexibility index (Phi) is 25.2. The van der Waals surface area contributed by atoms with Crippen LogP contribution in [0.1, 0.15) is 27.2 Å². The molecule has 22 N–H and O–H groups in total. The summed E-state index contributed by atoms with van der Waals surface area (Å²) < 4.78 is 92.0. The van der Waals surface area contributed by atoms with E-state index in [4.69, 9.17) is 75.8 Å². The molecule has 24 aliphatic heterocycles. The summed E-state index contributed by atoms with van der Waals surface area (Å²) in [5.74, 6) is 0. The van der Waals surface area contributed by atoms with Gasteiger partial charge in [-0.1, -0.05) is 6.92 Å². The fourth-order valence-corrected chi connectivity index (χ4v) is 11.5. The highest BCUT2D eigenvalue weighted by atomic mass is 16.8. The van der Waals surface area contributed by atoms with E-state index in [1.54, 1.807) is 0 Å². The van der Waals surface area contributed by atoms with Gasteiger partial charge >= 0.3 is 0 Å². The number of aliphatic hydroxyl groups is 22. The third-order valence-corrected chi connectivity index (χ3v) is 16.6. The van der Waals surface area contributed by atoms with Crippen LogP contribution in [0.2, 0.25) is 0 Å². The Morgan fingerprint density at radius 3 is 0.724 bits per heavy atom. The van der Waals surface area contributed by atoms with E-state index in [9.17, 15) is 112 Å². The van der Waals surface area contributed by atoms with Gasteiger partial charge < -0.3 is 188 Å². The number of fused-ring (bicyclic) bond motifs is 1. The molecule has 0 amide bonds. The molecule has 24 heterocycles. The zero-order chi connectivity index (χ0) is 63.8. The maximum Gasteiger partial charge on any atom is 0.209 e. The second-order valence-electron chi connectivity index (χ2n) is 22.3. The van der Waals surface area contributed by atoms with Crippen LogP contribution >= 0.6 is 0 Å². The lowest BCUT2D eigenvalue weighted by Gasteiger charge is -2.50. The van der Waals surface area contributed by atoms with Crippen molar-refractivity contribution in [3.8, 4) is 0 Å². The molecule has 0 aliphatic carbocycles. The molecular weight excluding hydrogens is 1200 g/mol. The first-order valence-corrected chi connectivity index (χ1v) is 28.3. The van der Waals surface area contributed by atoms with E-state index in [0.717, 1.165) is 0 Å². The van der Waals surface area contributed by atoms with Crippen LogP contribution in [0.15, 0.2) is 0 Å². The summed E-state index contributed by atoms with van der Waals surface area (Å²) in [6.45, 7) is -2.13. The molecule has 24 fully saturated rings. The first kappa shape index (κ1) is 71.3. The topological polar surface area (TPSA) is 593 Å². The molecule has 0 aromatic rings. The molecule has 38 heteroatoms. The van der Waals surface area contributed by atoms with Gasteiger partial charge in [0.1, 0.15) is 165 Å². The largest absolute Gasteiger partial charge is 0.394 e. The monoisotopic (exact) mass is 1280 g/mol. The van der Waals surface area contributed by atoms with E-state index in [0.29, 0.717) is 0 Å². The van der Waals surface area contributed by atoms with E-state index < -0.39 is 279 Å². The van der Waals surface area contributed by atoms with Crippen LogP contribution in [0.3, 0.4) is 0 Å². The molecule has 38 nitrogen and oxygen atoms in total. The van der Waals surface area contributed by atoms with Gasteiger partial charge in [-0.05, 0) is 20.3 Å². The smallest absolute Gasteiger partial charge is 0.209 e. The molecule has 14 bridgehead atoms. The van der Waals surface area contributed by atoms with Gasteiger partial charge in [-0.3, -0.25) is 0 Å². The third-order valence-electron chi connectivity index (χ3n) is 16.6. The second kappa shape index (κ2) is 30.7. The summed E-state index contributed by atoms with van der Waals surface area (Å²) in [5.41, 5.74) is 0. The summed E-state index contributed by atoms with van der Waals surface area (Å²) >= 11 is 0. The minimum absolute atomic E-state index is 0.0911. The van der Waals surface area contributed by atoms with Crippen molar-refractivity contribution in [3.63, 3.8) is 0 Å². The molecule has 38 atom stereocenters. The zero-order valence-corrected chi connectivity index (χ0v) is 46.8. The van der Waals surface area contributed by atoms with Crippen molar-refractivity contribution in [3.05, 3.63) is 0 Å². The molecule has 0 aromatic carbocycles. The summed E-state index contributed by atoms with van der Waals surface area (Å²) in [6, 6.07) is 0. The van der Waals surface area contributed by atoms with Crippen molar-refractivity contribution in [1.82, 2.24) is 0 Å². The fourth-order valence-electron chi connectivity index (χ4n) is 11.5. The summed E-state index contributed by atoms with van der Waals surface area (Å²) in [4.78, 5) is 0. The van der Waals surface area contributed by atoms with E-state index >= 15 is 0 Å². The predicted molar refractivity (Wildman–Crippen MR) is 265 cm³/mol. The Bertz CT molecular complexity index is 2070. The summed E-state index contributed by atoms with van der Waals surface area (Å²) in [7, 11) is 0. The minimum Gasteiger partial charge on any atom is -0.394 e. The van der Waals surface area contributed by atoms with Crippen molar-refractivity contribution in [1.29, 1.82) is 0 Å².